The largest absolute Gasteiger partial charge is 0.395 e. The van der Waals surface area contributed by atoms with Gasteiger partial charge >= 0.3 is 0 Å². The van der Waals surface area contributed by atoms with Gasteiger partial charge in [-0.1, -0.05) is 12.8 Å². The maximum atomic E-state index is 13.1. The third-order valence-corrected chi connectivity index (χ3v) is 3.78. The number of amides is 1. The normalized spacial score (nSPS) is 15.6. The lowest BCUT2D eigenvalue weighted by Gasteiger charge is -2.27. The predicted octanol–water partition coefficient (Wildman–Crippen LogP) is 2.14. The van der Waals surface area contributed by atoms with Gasteiger partial charge in [0.1, 0.15) is 0 Å². The molecule has 4 nitrogen and oxygen atoms in total. The first-order chi connectivity index (χ1) is 10.1. The van der Waals surface area contributed by atoms with Crippen molar-refractivity contribution in [2.45, 2.75) is 31.7 Å². The first-order valence-corrected chi connectivity index (χ1v) is 7.20. The van der Waals surface area contributed by atoms with Gasteiger partial charge in [0.25, 0.3) is 0 Å². The van der Waals surface area contributed by atoms with Gasteiger partial charge in [-0.25, -0.2) is 8.78 Å². The van der Waals surface area contributed by atoms with E-state index in [9.17, 15) is 13.6 Å². The zero-order chi connectivity index (χ0) is 15.2. The molecule has 0 bridgehead atoms. The van der Waals surface area contributed by atoms with Crippen molar-refractivity contribution in [3.05, 3.63) is 29.8 Å². The van der Waals surface area contributed by atoms with Gasteiger partial charge in [-0.15, -0.1) is 0 Å². The Labute approximate surface area is 122 Å². The van der Waals surface area contributed by atoms with E-state index < -0.39 is 11.6 Å². The first kappa shape index (κ1) is 15.9. The van der Waals surface area contributed by atoms with Crippen LogP contribution in [-0.4, -0.2) is 41.7 Å². The summed E-state index contributed by atoms with van der Waals surface area (Å²) in [6.45, 7) is 0.578. The fourth-order valence-electron chi connectivity index (χ4n) is 2.75. The molecule has 1 aromatic carbocycles. The van der Waals surface area contributed by atoms with E-state index in [1.807, 2.05) is 4.90 Å². The molecule has 2 N–H and O–H groups in total. The monoisotopic (exact) mass is 298 g/mol. The van der Waals surface area contributed by atoms with Gasteiger partial charge in [-0.05, 0) is 25.0 Å². The maximum Gasteiger partial charge on any atom is 0.238 e. The Morgan fingerprint density at radius 3 is 2.62 bits per heavy atom. The van der Waals surface area contributed by atoms with E-state index >= 15 is 0 Å². The number of rotatable bonds is 6. The Hall–Kier alpha value is -1.53. The Kier molecular flexibility index (Phi) is 5.64. The molecule has 1 aliphatic rings. The quantitative estimate of drug-likeness (QED) is 0.846. The lowest BCUT2D eigenvalue weighted by molar-refractivity contribution is -0.118. The summed E-state index contributed by atoms with van der Waals surface area (Å²) in [6, 6.07) is 3.57. The predicted molar refractivity (Wildman–Crippen MR) is 75.9 cm³/mol. The lowest BCUT2D eigenvalue weighted by atomic mass is 10.2. The van der Waals surface area contributed by atoms with Crippen LogP contribution in [0.5, 0.6) is 0 Å². The van der Waals surface area contributed by atoms with Gasteiger partial charge in [-0.3, -0.25) is 9.69 Å². The van der Waals surface area contributed by atoms with Gasteiger partial charge in [0.15, 0.2) is 11.6 Å². The van der Waals surface area contributed by atoms with Crippen molar-refractivity contribution >= 4 is 11.6 Å². The highest BCUT2D eigenvalue weighted by atomic mass is 19.2. The summed E-state index contributed by atoms with van der Waals surface area (Å²) in [5, 5.41) is 11.7. The Morgan fingerprint density at radius 2 is 2.00 bits per heavy atom. The van der Waals surface area contributed by atoms with E-state index in [0.29, 0.717) is 12.6 Å². The molecule has 1 saturated carbocycles. The number of hydrogen-bond donors (Lipinski definition) is 2. The van der Waals surface area contributed by atoms with E-state index in [2.05, 4.69) is 5.32 Å². The number of nitrogens with one attached hydrogen (secondary N) is 1. The molecule has 1 fully saturated rings. The number of aliphatic hydroxyl groups excluding tert-OH is 1. The van der Waals surface area contributed by atoms with Gasteiger partial charge in [0.2, 0.25) is 5.91 Å². The molecule has 0 spiro atoms. The molecule has 1 amide bonds. The van der Waals surface area contributed by atoms with E-state index in [1.165, 1.54) is 6.07 Å². The molecule has 0 saturated heterocycles. The number of halogens is 2. The Balaban J connectivity index is 1.93. The molecule has 0 heterocycles. The van der Waals surface area contributed by atoms with E-state index in [1.54, 1.807) is 0 Å². The molecule has 0 atom stereocenters. The minimum absolute atomic E-state index is 0.00500. The molecule has 0 unspecified atom stereocenters. The van der Waals surface area contributed by atoms with Crippen molar-refractivity contribution in [2.75, 3.05) is 25.0 Å². The Morgan fingerprint density at radius 1 is 1.29 bits per heavy atom. The van der Waals surface area contributed by atoms with Crippen LogP contribution in [0.1, 0.15) is 25.7 Å². The second kappa shape index (κ2) is 7.47. The van der Waals surface area contributed by atoms with Crippen LogP contribution in [-0.2, 0) is 4.79 Å². The summed E-state index contributed by atoms with van der Waals surface area (Å²) in [7, 11) is 0. The molecular formula is C15H20F2N2O2. The number of anilines is 1. The molecule has 0 aliphatic heterocycles. The summed E-state index contributed by atoms with van der Waals surface area (Å²) in [5.74, 6) is -2.22. The zero-order valence-electron chi connectivity index (χ0n) is 11.8. The number of hydrogen-bond acceptors (Lipinski definition) is 3. The average Bonchev–Trinajstić information content (AvgIpc) is 2.96. The smallest absolute Gasteiger partial charge is 0.238 e. The molecule has 0 aromatic heterocycles. The van der Waals surface area contributed by atoms with Crippen molar-refractivity contribution < 1.29 is 18.7 Å². The number of carbonyl (C=O) groups excluding carboxylic acids is 1. The van der Waals surface area contributed by atoms with Crippen LogP contribution in [0.15, 0.2) is 18.2 Å². The van der Waals surface area contributed by atoms with Crippen molar-refractivity contribution in [1.29, 1.82) is 0 Å². The molecule has 1 aromatic rings. The Bertz CT molecular complexity index is 491. The molecule has 6 heteroatoms. The summed E-state index contributed by atoms with van der Waals surface area (Å²) >= 11 is 0. The van der Waals surface area contributed by atoms with E-state index in [-0.39, 0.29) is 24.7 Å². The van der Waals surface area contributed by atoms with Crippen molar-refractivity contribution in [3.8, 4) is 0 Å². The van der Waals surface area contributed by atoms with Crippen molar-refractivity contribution in [1.82, 2.24) is 4.90 Å². The highest BCUT2D eigenvalue weighted by Gasteiger charge is 2.23. The topological polar surface area (TPSA) is 52.6 Å². The highest BCUT2D eigenvalue weighted by Crippen LogP contribution is 2.23. The van der Waals surface area contributed by atoms with Gasteiger partial charge in [-0.2, -0.15) is 0 Å². The van der Waals surface area contributed by atoms with Crippen molar-refractivity contribution in [3.63, 3.8) is 0 Å². The van der Waals surface area contributed by atoms with E-state index in [4.69, 9.17) is 5.11 Å². The molecule has 1 aliphatic carbocycles. The van der Waals surface area contributed by atoms with Gasteiger partial charge in [0, 0.05) is 24.3 Å². The molecule has 0 radical (unpaired) electrons. The second-order valence-corrected chi connectivity index (χ2v) is 5.31. The average molecular weight is 298 g/mol. The summed E-state index contributed by atoms with van der Waals surface area (Å²) in [5.41, 5.74) is 0.231. The molecular weight excluding hydrogens is 278 g/mol. The van der Waals surface area contributed by atoms with E-state index in [0.717, 1.165) is 37.8 Å². The third-order valence-electron chi connectivity index (χ3n) is 3.78. The SMILES string of the molecule is O=C(CN(CCO)C1CCCC1)Nc1ccc(F)c(F)c1. The fourth-order valence-corrected chi connectivity index (χ4v) is 2.75. The number of carbonyl (C=O) groups is 1. The van der Waals surface area contributed by atoms with Crippen LogP contribution in [0, 0.1) is 11.6 Å². The van der Waals surface area contributed by atoms with Crippen LogP contribution < -0.4 is 5.32 Å². The van der Waals surface area contributed by atoms with Crippen LogP contribution in [0.2, 0.25) is 0 Å². The molecule has 116 valence electrons. The number of benzene rings is 1. The van der Waals surface area contributed by atoms with Gasteiger partial charge in [0.05, 0.1) is 13.2 Å². The van der Waals surface area contributed by atoms with Crippen molar-refractivity contribution in [2.24, 2.45) is 0 Å². The maximum absolute atomic E-state index is 13.1. The summed E-state index contributed by atoms with van der Waals surface area (Å²) < 4.78 is 25.9. The van der Waals surface area contributed by atoms with Crippen LogP contribution in [0.3, 0.4) is 0 Å². The first-order valence-electron chi connectivity index (χ1n) is 7.20. The summed E-state index contributed by atoms with van der Waals surface area (Å²) in [4.78, 5) is 13.9. The number of nitrogens with zero attached hydrogens (tertiary/aromatic N) is 1. The third kappa shape index (κ3) is 4.47. The van der Waals surface area contributed by atoms with Crippen LogP contribution >= 0.6 is 0 Å². The van der Waals surface area contributed by atoms with Crippen LogP contribution in [0.4, 0.5) is 14.5 Å². The van der Waals surface area contributed by atoms with Crippen LogP contribution in [0.25, 0.3) is 0 Å². The lowest BCUT2D eigenvalue weighted by Crippen LogP contribution is -2.41. The number of aliphatic hydroxyl groups is 1. The minimum Gasteiger partial charge on any atom is -0.395 e. The second-order valence-electron chi connectivity index (χ2n) is 5.31. The standard InChI is InChI=1S/C15H20F2N2O2/c16-13-6-5-11(9-14(13)17)18-15(21)10-19(7-8-20)12-3-1-2-4-12/h5-6,9,12,20H,1-4,7-8,10H2,(H,18,21). The fraction of sp³-hybridized carbons (Fsp3) is 0.533. The molecule has 21 heavy (non-hydrogen) atoms. The molecule has 2 rings (SSSR count). The highest BCUT2D eigenvalue weighted by molar-refractivity contribution is 5.92. The zero-order valence-corrected chi connectivity index (χ0v) is 11.8. The minimum atomic E-state index is -0.990. The summed E-state index contributed by atoms with van der Waals surface area (Å²) in [6.07, 6.45) is 4.33. The van der Waals surface area contributed by atoms with Gasteiger partial charge < -0.3 is 10.4 Å².